The predicted molar refractivity (Wildman–Crippen MR) is 123 cm³/mol. The van der Waals surface area contributed by atoms with Crippen LogP contribution in [0.2, 0.25) is 5.02 Å². The maximum atomic E-state index is 13.2. The molecule has 0 saturated heterocycles. The number of halogens is 1. The van der Waals surface area contributed by atoms with E-state index in [-0.39, 0.29) is 23.8 Å². The highest BCUT2D eigenvalue weighted by atomic mass is 35.5. The van der Waals surface area contributed by atoms with Crippen LogP contribution in [0.25, 0.3) is 21.5 Å². The molecule has 0 aliphatic carbocycles. The molecule has 1 aromatic carbocycles. The minimum absolute atomic E-state index is 0.0801. The number of para-hydroxylation sites is 1. The maximum Gasteiger partial charge on any atom is 0.263 e. The molecular formula is C21H16ClN3O3S2. The fourth-order valence-electron chi connectivity index (χ4n) is 2.90. The van der Waals surface area contributed by atoms with Crippen LogP contribution in [0.15, 0.2) is 75.1 Å². The zero-order chi connectivity index (χ0) is 21.1. The van der Waals surface area contributed by atoms with Crippen molar-refractivity contribution in [3.05, 3.63) is 76.1 Å². The molecular weight excluding hydrogens is 442 g/mol. The molecule has 0 saturated carbocycles. The van der Waals surface area contributed by atoms with Gasteiger partial charge >= 0.3 is 0 Å². The topological polar surface area (TPSA) is 77.1 Å². The van der Waals surface area contributed by atoms with Gasteiger partial charge < -0.3 is 9.73 Å². The van der Waals surface area contributed by atoms with Gasteiger partial charge in [-0.15, -0.1) is 17.9 Å². The first-order valence-corrected chi connectivity index (χ1v) is 11.2. The van der Waals surface area contributed by atoms with Crippen LogP contribution < -0.4 is 10.9 Å². The molecule has 30 heavy (non-hydrogen) atoms. The average Bonchev–Trinajstić information content (AvgIpc) is 3.40. The number of carbonyl (C=O) groups is 1. The number of hydrogen-bond acceptors (Lipinski definition) is 6. The molecule has 6 nitrogen and oxygen atoms in total. The molecule has 1 N–H and O–H groups in total. The standard InChI is InChI=1S/C21H16ClN3O3S2/c1-2-9-25-20(27)18-13(16-8-5-10-28-16)11-29-19(18)24-21(25)30-12-17(26)23-15-7-4-3-6-14(15)22/h2-8,10-11H,1,9,12H2,(H,23,26). The third kappa shape index (κ3) is 4.07. The number of carbonyl (C=O) groups excluding carboxylic acids is 1. The molecule has 0 aliphatic rings. The highest BCUT2D eigenvalue weighted by Gasteiger charge is 2.19. The maximum absolute atomic E-state index is 13.2. The van der Waals surface area contributed by atoms with Crippen LogP contribution in [-0.4, -0.2) is 21.2 Å². The molecule has 0 spiro atoms. The predicted octanol–water partition coefficient (Wildman–Crippen LogP) is 5.29. The smallest absolute Gasteiger partial charge is 0.263 e. The summed E-state index contributed by atoms with van der Waals surface area (Å²) in [4.78, 5) is 30.8. The molecule has 0 radical (unpaired) electrons. The minimum Gasteiger partial charge on any atom is -0.464 e. The number of nitrogens with one attached hydrogen (secondary N) is 1. The molecule has 3 aromatic heterocycles. The van der Waals surface area contributed by atoms with Gasteiger partial charge in [0.2, 0.25) is 5.91 Å². The highest BCUT2D eigenvalue weighted by Crippen LogP contribution is 2.32. The van der Waals surface area contributed by atoms with Crippen LogP contribution in [-0.2, 0) is 11.3 Å². The third-order valence-corrected chi connectivity index (χ3v) is 6.42. The first-order valence-electron chi connectivity index (χ1n) is 8.92. The summed E-state index contributed by atoms with van der Waals surface area (Å²) < 4.78 is 6.97. The second-order valence-corrected chi connectivity index (χ2v) is 8.43. The highest BCUT2D eigenvalue weighted by molar-refractivity contribution is 7.99. The van der Waals surface area contributed by atoms with Crippen molar-refractivity contribution < 1.29 is 9.21 Å². The molecule has 0 bridgehead atoms. The van der Waals surface area contributed by atoms with E-state index >= 15 is 0 Å². The lowest BCUT2D eigenvalue weighted by Gasteiger charge is -2.11. The van der Waals surface area contributed by atoms with E-state index in [4.69, 9.17) is 16.0 Å². The molecule has 0 unspecified atom stereocenters. The van der Waals surface area contributed by atoms with Crippen molar-refractivity contribution in [1.29, 1.82) is 0 Å². The van der Waals surface area contributed by atoms with Crippen LogP contribution in [0, 0.1) is 0 Å². The first-order chi connectivity index (χ1) is 14.6. The molecule has 0 fully saturated rings. The fourth-order valence-corrected chi connectivity index (χ4v) is 4.86. The van der Waals surface area contributed by atoms with Gasteiger partial charge in [-0.2, -0.15) is 0 Å². The monoisotopic (exact) mass is 457 g/mol. The average molecular weight is 458 g/mol. The molecule has 152 valence electrons. The number of nitrogens with zero attached hydrogens (tertiary/aromatic N) is 2. The molecule has 4 aromatic rings. The Kier molecular flexibility index (Phi) is 6.08. The Hall–Kier alpha value is -2.81. The number of rotatable bonds is 7. The molecule has 9 heteroatoms. The van der Waals surface area contributed by atoms with Gasteiger partial charge in [-0.3, -0.25) is 14.2 Å². The fraction of sp³-hybridized carbons (Fsp3) is 0.0952. The van der Waals surface area contributed by atoms with Crippen LogP contribution in [0.3, 0.4) is 0 Å². The van der Waals surface area contributed by atoms with Gasteiger partial charge in [0.15, 0.2) is 5.16 Å². The Labute approximate surface area is 185 Å². The Bertz CT molecular complexity index is 1280. The second-order valence-electron chi connectivity index (χ2n) is 6.22. The Balaban J connectivity index is 1.63. The van der Waals surface area contributed by atoms with Gasteiger partial charge in [0.1, 0.15) is 10.6 Å². The van der Waals surface area contributed by atoms with Crippen molar-refractivity contribution in [2.75, 3.05) is 11.1 Å². The van der Waals surface area contributed by atoms with E-state index in [1.54, 1.807) is 48.7 Å². The van der Waals surface area contributed by atoms with Crippen molar-refractivity contribution in [3.63, 3.8) is 0 Å². The van der Waals surface area contributed by atoms with Crippen molar-refractivity contribution in [2.24, 2.45) is 0 Å². The summed E-state index contributed by atoms with van der Waals surface area (Å²) in [5.41, 5.74) is 1.06. The lowest BCUT2D eigenvalue weighted by Crippen LogP contribution is -2.23. The number of benzene rings is 1. The Morgan fingerprint density at radius 3 is 2.90 bits per heavy atom. The summed E-state index contributed by atoms with van der Waals surface area (Å²) in [7, 11) is 0. The number of furan rings is 1. The number of amides is 1. The van der Waals surface area contributed by atoms with Crippen LogP contribution in [0.1, 0.15) is 0 Å². The van der Waals surface area contributed by atoms with Crippen molar-refractivity contribution in [1.82, 2.24) is 9.55 Å². The summed E-state index contributed by atoms with van der Waals surface area (Å²) >= 11 is 8.64. The summed E-state index contributed by atoms with van der Waals surface area (Å²) in [5, 5.41) is 6.04. The van der Waals surface area contributed by atoms with Crippen LogP contribution in [0.4, 0.5) is 5.69 Å². The molecule has 0 aliphatic heterocycles. The number of thiophene rings is 1. The number of fused-ring (bicyclic) bond motifs is 1. The third-order valence-electron chi connectivity index (χ3n) is 4.24. The van der Waals surface area contributed by atoms with E-state index in [1.807, 2.05) is 5.38 Å². The Morgan fingerprint density at radius 2 is 2.17 bits per heavy atom. The van der Waals surface area contributed by atoms with Crippen molar-refractivity contribution in [3.8, 4) is 11.3 Å². The SMILES string of the molecule is C=CCn1c(SCC(=O)Nc2ccccc2Cl)nc2scc(-c3ccco3)c2c1=O. The zero-order valence-corrected chi connectivity index (χ0v) is 18.0. The van der Waals surface area contributed by atoms with Crippen LogP contribution >= 0.6 is 34.7 Å². The van der Waals surface area contributed by atoms with Gasteiger partial charge in [0.25, 0.3) is 5.56 Å². The van der Waals surface area contributed by atoms with E-state index in [1.165, 1.54) is 27.7 Å². The molecule has 3 heterocycles. The van der Waals surface area contributed by atoms with Gasteiger partial charge in [0, 0.05) is 17.5 Å². The van der Waals surface area contributed by atoms with Gasteiger partial charge in [-0.05, 0) is 24.3 Å². The summed E-state index contributed by atoms with van der Waals surface area (Å²) in [6.45, 7) is 4.01. The van der Waals surface area contributed by atoms with E-state index < -0.39 is 0 Å². The molecule has 4 rings (SSSR count). The lowest BCUT2D eigenvalue weighted by molar-refractivity contribution is -0.113. The quantitative estimate of drug-likeness (QED) is 0.232. The molecule has 0 atom stereocenters. The van der Waals surface area contributed by atoms with E-state index in [0.717, 1.165) is 0 Å². The van der Waals surface area contributed by atoms with E-state index in [2.05, 4.69) is 16.9 Å². The number of hydrogen-bond donors (Lipinski definition) is 1. The number of allylic oxidation sites excluding steroid dienone is 1. The van der Waals surface area contributed by atoms with E-state index in [9.17, 15) is 9.59 Å². The van der Waals surface area contributed by atoms with Gasteiger partial charge in [0.05, 0.1) is 28.1 Å². The number of thioether (sulfide) groups is 1. The van der Waals surface area contributed by atoms with Crippen LogP contribution in [0.5, 0.6) is 0 Å². The summed E-state index contributed by atoms with van der Waals surface area (Å²) in [6.07, 6.45) is 3.19. The minimum atomic E-state index is -0.241. The van der Waals surface area contributed by atoms with Crippen molar-refractivity contribution in [2.45, 2.75) is 11.7 Å². The largest absolute Gasteiger partial charge is 0.464 e. The van der Waals surface area contributed by atoms with Crippen molar-refractivity contribution >= 4 is 56.5 Å². The lowest BCUT2D eigenvalue weighted by atomic mass is 10.2. The molecule has 1 amide bonds. The first kappa shape index (κ1) is 20.5. The van der Waals surface area contributed by atoms with Gasteiger partial charge in [-0.25, -0.2) is 4.98 Å². The van der Waals surface area contributed by atoms with E-state index in [0.29, 0.717) is 37.4 Å². The summed E-state index contributed by atoms with van der Waals surface area (Å²) in [5.74, 6) is 0.455. The zero-order valence-electron chi connectivity index (χ0n) is 15.6. The summed E-state index contributed by atoms with van der Waals surface area (Å²) in [6, 6.07) is 10.6. The Morgan fingerprint density at radius 1 is 1.33 bits per heavy atom. The number of anilines is 1. The van der Waals surface area contributed by atoms with Gasteiger partial charge in [-0.1, -0.05) is 41.6 Å². The normalized spacial score (nSPS) is 11.0. The number of aromatic nitrogens is 2. The second kappa shape index (κ2) is 8.91.